The van der Waals surface area contributed by atoms with Gasteiger partial charge in [-0.2, -0.15) is 0 Å². The molecule has 0 unspecified atom stereocenters. The summed E-state index contributed by atoms with van der Waals surface area (Å²) in [6.07, 6.45) is 0.445. The van der Waals surface area contributed by atoms with Gasteiger partial charge in [-0.15, -0.1) is 0 Å². The second kappa shape index (κ2) is 9.37. The summed E-state index contributed by atoms with van der Waals surface area (Å²) in [5.74, 6) is 0.621. The number of carbonyl (C=O) groups is 1. The van der Waals surface area contributed by atoms with E-state index in [-0.39, 0.29) is 29.3 Å². The number of hydrogen-bond donors (Lipinski definition) is 1. The summed E-state index contributed by atoms with van der Waals surface area (Å²) in [6, 6.07) is 4.84. The Morgan fingerprint density at radius 1 is 1.30 bits per heavy atom. The van der Waals surface area contributed by atoms with Gasteiger partial charge < -0.3 is 15.0 Å². The fraction of sp³-hybridized carbons (Fsp3) is 0.476. The van der Waals surface area contributed by atoms with E-state index in [0.717, 1.165) is 5.69 Å². The van der Waals surface area contributed by atoms with Crippen molar-refractivity contribution in [2.75, 3.05) is 25.0 Å². The van der Waals surface area contributed by atoms with Crippen molar-refractivity contribution in [3.63, 3.8) is 0 Å². The quantitative estimate of drug-likeness (QED) is 0.726. The minimum atomic E-state index is -0.270. The number of halogens is 2. The molecule has 2 atom stereocenters. The number of carbonyl (C=O) groups excluding carboxylic acids is 1. The molecule has 3 rings (SSSR count). The summed E-state index contributed by atoms with van der Waals surface area (Å²) in [5, 5.41) is 4.29. The lowest BCUT2D eigenvalue weighted by atomic mass is 10.1. The van der Waals surface area contributed by atoms with Gasteiger partial charge in [0.1, 0.15) is 11.5 Å². The van der Waals surface area contributed by atoms with Gasteiger partial charge in [0, 0.05) is 44.3 Å². The summed E-state index contributed by atoms with van der Waals surface area (Å²) in [7, 11) is 1.70. The van der Waals surface area contributed by atoms with Gasteiger partial charge in [0.25, 0.3) is 5.56 Å². The Morgan fingerprint density at radius 3 is 2.63 bits per heavy atom. The summed E-state index contributed by atoms with van der Waals surface area (Å²) in [5.41, 5.74) is 1.28. The lowest BCUT2D eigenvalue weighted by Crippen LogP contribution is -2.37. The van der Waals surface area contributed by atoms with Gasteiger partial charge >= 0.3 is 0 Å². The first kappa shape index (κ1) is 22.6. The molecule has 2 aromatic rings. The number of hydrogen-bond acceptors (Lipinski definition) is 5. The van der Waals surface area contributed by atoms with Crippen LogP contribution in [0.2, 0.25) is 10.0 Å². The first-order valence-electron chi connectivity index (χ1n) is 9.95. The summed E-state index contributed by atoms with van der Waals surface area (Å²) >= 11 is 12.3. The highest BCUT2D eigenvalue weighted by atomic mass is 35.5. The Hall–Kier alpha value is -2.09. The molecule has 1 fully saturated rings. The van der Waals surface area contributed by atoms with Gasteiger partial charge in [-0.3, -0.25) is 14.2 Å². The predicted octanol–water partition coefficient (Wildman–Crippen LogP) is 3.36. The van der Waals surface area contributed by atoms with Crippen LogP contribution in [0.25, 0.3) is 11.3 Å². The lowest BCUT2D eigenvalue weighted by Gasteiger charge is -2.24. The van der Waals surface area contributed by atoms with Crippen LogP contribution >= 0.6 is 23.2 Å². The highest BCUT2D eigenvalue weighted by Crippen LogP contribution is 2.29. The molecule has 7 nitrogen and oxygen atoms in total. The molecule has 1 saturated heterocycles. The first-order valence-corrected chi connectivity index (χ1v) is 10.7. The normalized spacial score (nSPS) is 18.7. The molecule has 1 amide bonds. The highest BCUT2D eigenvalue weighted by Gasteiger charge is 2.35. The molecular formula is C21H26Cl2N4O3. The lowest BCUT2D eigenvalue weighted by molar-refractivity contribution is -0.128. The largest absolute Gasteiger partial charge is 0.374 e. The fourth-order valence-electron chi connectivity index (χ4n) is 3.70. The van der Waals surface area contributed by atoms with Gasteiger partial charge in [-0.1, -0.05) is 30.1 Å². The SMILES string of the molecule is CCO[C@H]1CN(C(C)=O)C[C@H]1Nc1c(CC)nc(-c2ccc(Cl)cc2Cl)c(=O)n1C. The molecule has 0 radical (unpaired) electrons. The van der Waals surface area contributed by atoms with E-state index in [9.17, 15) is 9.59 Å². The maximum Gasteiger partial charge on any atom is 0.278 e. The smallest absolute Gasteiger partial charge is 0.278 e. The Morgan fingerprint density at radius 2 is 2.03 bits per heavy atom. The van der Waals surface area contributed by atoms with Crippen LogP contribution in [-0.2, 0) is 23.0 Å². The van der Waals surface area contributed by atoms with E-state index in [1.54, 1.807) is 41.6 Å². The minimum Gasteiger partial charge on any atom is -0.374 e. The van der Waals surface area contributed by atoms with Gasteiger partial charge in [-0.05, 0) is 31.5 Å². The second-order valence-corrected chi connectivity index (χ2v) is 8.11. The number of ether oxygens (including phenoxy) is 1. The molecule has 1 aromatic carbocycles. The number of nitrogens with zero attached hydrogens (tertiary/aromatic N) is 3. The first-order chi connectivity index (χ1) is 14.3. The highest BCUT2D eigenvalue weighted by molar-refractivity contribution is 6.36. The third-order valence-electron chi connectivity index (χ3n) is 5.30. The maximum absolute atomic E-state index is 13.1. The van der Waals surface area contributed by atoms with Gasteiger partial charge in [0.2, 0.25) is 5.91 Å². The average Bonchev–Trinajstić information content (AvgIpc) is 3.10. The van der Waals surface area contributed by atoms with Crippen LogP contribution in [0.15, 0.2) is 23.0 Å². The number of aromatic nitrogens is 2. The van der Waals surface area contributed by atoms with E-state index < -0.39 is 0 Å². The molecule has 0 saturated carbocycles. The van der Waals surface area contributed by atoms with Crippen LogP contribution in [0.3, 0.4) is 0 Å². The van der Waals surface area contributed by atoms with E-state index in [4.69, 9.17) is 27.9 Å². The molecule has 2 heterocycles. The molecule has 0 bridgehead atoms. The molecule has 1 aliphatic rings. The van der Waals surface area contributed by atoms with E-state index in [2.05, 4.69) is 10.3 Å². The van der Waals surface area contributed by atoms with Crippen molar-refractivity contribution < 1.29 is 9.53 Å². The molecule has 30 heavy (non-hydrogen) atoms. The average molecular weight is 453 g/mol. The fourth-order valence-corrected chi connectivity index (χ4v) is 4.20. The van der Waals surface area contributed by atoms with Crippen molar-refractivity contribution in [3.8, 4) is 11.3 Å². The Balaban J connectivity index is 2.01. The molecule has 162 valence electrons. The van der Waals surface area contributed by atoms with Crippen molar-refractivity contribution in [2.45, 2.75) is 39.3 Å². The van der Waals surface area contributed by atoms with E-state index >= 15 is 0 Å². The predicted molar refractivity (Wildman–Crippen MR) is 119 cm³/mol. The number of rotatable bonds is 6. The van der Waals surface area contributed by atoms with Crippen molar-refractivity contribution in [1.82, 2.24) is 14.5 Å². The molecule has 0 aliphatic carbocycles. The number of amides is 1. The van der Waals surface area contributed by atoms with E-state index in [1.165, 1.54) is 0 Å². The van der Waals surface area contributed by atoms with Crippen LogP contribution in [-0.4, -0.2) is 52.2 Å². The number of aryl methyl sites for hydroxylation is 1. The minimum absolute atomic E-state index is 0.000500. The third kappa shape index (κ3) is 4.48. The zero-order valence-corrected chi connectivity index (χ0v) is 19.0. The number of benzene rings is 1. The monoisotopic (exact) mass is 452 g/mol. The molecular weight excluding hydrogens is 427 g/mol. The molecule has 1 N–H and O–H groups in total. The number of likely N-dealkylation sites (tertiary alicyclic amines) is 1. The Kier molecular flexibility index (Phi) is 7.06. The van der Waals surface area contributed by atoms with Crippen LogP contribution < -0.4 is 10.9 Å². The summed E-state index contributed by atoms with van der Waals surface area (Å²) < 4.78 is 7.38. The van der Waals surface area contributed by atoms with Crippen molar-refractivity contribution in [3.05, 3.63) is 44.3 Å². The summed E-state index contributed by atoms with van der Waals surface area (Å²) in [6.45, 7) is 7.00. The number of nitrogens with one attached hydrogen (secondary N) is 1. The van der Waals surface area contributed by atoms with Crippen molar-refractivity contribution in [2.24, 2.45) is 7.05 Å². The van der Waals surface area contributed by atoms with Crippen LogP contribution in [0, 0.1) is 0 Å². The van der Waals surface area contributed by atoms with Crippen LogP contribution in [0.5, 0.6) is 0 Å². The zero-order chi connectivity index (χ0) is 22.0. The van der Waals surface area contributed by atoms with E-state index in [1.807, 2.05) is 13.8 Å². The van der Waals surface area contributed by atoms with Crippen molar-refractivity contribution in [1.29, 1.82) is 0 Å². The van der Waals surface area contributed by atoms with Gasteiger partial charge in [-0.25, -0.2) is 4.98 Å². The number of anilines is 1. The van der Waals surface area contributed by atoms with Gasteiger partial charge in [0.05, 0.1) is 22.9 Å². The van der Waals surface area contributed by atoms with Gasteiger partial charge in [0.15, 0.2) is 0 Å². The third-order valence-corrected chi connectivity index (χ3v) is 5.85. The molecule has 1 aromatic heterocycles. The summed E-state index contributed by atoms with van der Waals surface area (Å²) in [4.78, 5) is 31.4. The van der Waals surface area contributed by atoms with Crippen molar-refractivity contribution >= 4 is 34.9 Å². The van der Waals surface area contributed by atoms with Crippen LogP contribution in [0.1, 0.15) is 26.5 Å². The maximum atomic E-state index is 13.1. The molecule has 9 heteroatoms. The molecule has 1 aliphatic heterocycles. The van der Waals surface area contributed by atoms with E-state index in [0.29, 0.717) is 47.5 Å². The topological polar surface area (TPSA) is 76.5 Å². The molecule has 0 spiro atoms. The second-order valence-electron chi connectivity index (χ2n) is 7.27. The Bertz CT molecular complexity index is 1010. The standard InChI is InChI=1S/C21H26Cl2N4O3/c1-5-16-20(25-17-10-27(12(3)28)11-18(17)30-6-2)26(4)21(29)19(24-16)14-8-7-13(22)9-15(14)23/h7-9,17-18,25H,5-6,10-11H2,1-4H3/t17-,18+/m1/s1. The Labute approximate surface area is 185 Å². The van der Waals surface area contributed by atoms with Crippen LogP contribution in [0.4, 0.5) is 5.82 Å². The zero-order valence-electron chi connectivity index (χ0n) is 17.5.